The van der Waals surface area contributed by atoms with Crippen LogP contribution in [0.2, 0.25) is 0 Å². The molecule has 2 aliphatic rings. The Hall–Kier alpha value is -1.86. The van der Waals surface area contributed by atoms with Crippen molar-refractivity contribution in [3.8, 4) is 0 Å². The van der Waals surface area contributed by atoms with E-state index in [-0.39, 0.29) is 17.6 Å². The number of fused-ring (bicyclic) bond motifs is 1. The van der Waals surface area contributed by atoms with Crippen molar-refractivity contribution in [3.05, 3.63) is 40.7 Å². The van der Waals surface area contributed by atoms with Gasteiger partial charge in [-0.3, -0.25) is 4.79 Å². The molecule has 2 N–H and O–H groups in total. The number of amides is 1. The zero-order chi connectivity index (χ0) is 17.4. The summed E-state index contributed by atoms with van der Waals surface area (Å²) in [5, 5.41) is 19.2. The predicted molar refractivity (Wildman–Crippen MR) is 88.9 cm³/mol. The predicted octanol–water partition coefficient (Wildman–Crippen LogP) is 0.923. The minimum atomic E-state index is -1.07. The Balaban J connectivity index is 1.67. The number of hydrogen-bond donors (Lipinski definition) is 2. The van der Waals surface area contributed by atoms with E-state index in [0.29, 0.717) is 6.42 Å². The summed E-state index contributed by atoms with van der Waals surface area (Å²) in [6.07, 6.45) is 3.77. The highest BCUT2D eigenvalue weighted by Crippen LogP contribution is 2.46. The Bertz CT molecular complexity index is 699. The molecule has 3 atom stereocenters. The molecule has 24 heavy (non-hydrogen) atoms. The fraction of sp³-hybridized carbons (Fsp3) is 0.471. The lowest BCUT2D eigenvalue weighted by molar-refractivity contribution is -0.692. The number of carbonyl (C=O) groups excluding carboxylic acids is 1. The lowest BCUT2D eigenvalue weighted by atomic mass is 9.83. The van der Waals surface area contributed by atoms with Crippen molar-refractivity contribution in [2.75, 3.05) is 5.75 Å². The summed E-state index contributed by atoms with van der Waals surface area (Å²) in [5.74, 6) is -1.10. The molecule has 1 saturated heterocycles. The largest absolute Gasteiger partial charge is 0.477 e. The van der Waals surface area contributed by atoms with Crippen molar-refractivity contribution in [3.63, 3.8) is 0 Å². The first kappa shape index (κ1) is 17.0. The molecule has 1 aromatic rings. The zero-order valence-electron chi connectivity index (χ0n) is 13.7. The third-order valence-electron chi connectivity index (χ3n) is 4.57. The van der Waals surface area contributed by atoms with Gasteiger partial charge in [-0.2, -0.15) is 0 Å². The van der Waals surface area contributed by atoms with Crippen LogP contribution < -0.4 is 4.57 Å². The molecule has 3 heterocycles. The molecule has 0 radical (unpaired) electrons. The molecule has 0 aromatic carbocycles. The van der Waals surface area contributed by atoms with Gasteiger partial charge in [-0.1, -0.05) is 0 Å². The summed E-state index contributed by atoms with van der Waals surface area (Å²) in [6.45, 7) is 4.38. The third-order valence-corrected chi connectivity index (χ3v) is 5.67. The number of aromatic nitrogens is 1. The highest BCUT2D eigenvalue weighted by atomic mass is 32.2. The van der Waals surface area contributed by atoms with Crippen LogP contribution in [0.15, 0.2) is 35.1 Å². The van der Waals surface area contributed by atoms with E-state index in [4.69, 9.17) is 0 Å². The van der Waals surface area contributed by atoms with Crippen LogP contribution in [0.3, 0.4) is 0 Å². The Morgan fingerprint density at radius 2 is 2.12 bits per heavy atom. The first-order chi connectivity index (χ1) is 11.4. The van der Waals surface area contributed by atoms with Crippen LogP contribution in [0.1, 0.15) is 18.9 Å². The summed E-state index contributed by atoms with van der Waals surface area (Å²) >= 11 is 1.49. The number of carbonyl (C=O) groups is 2. The van der Waals surface area contributed by atoms with E-state index in [2.05, 4.69) is 4.57 Å². The Morgan fingerprint density at radius 1 is 1.46 bits per heavy atom. The van der Waals surface area contributed by atoms with Gasteiger partial charge in [-0.15, -0.1) is 11.8 Å². The van der Waals surface area contributed by atoms with Gasteiger partial charge in [-0.05, 0) is 19.4 Å². The number of rotatable bonds is 6. The third kappa shape index (κ3) is 2.93. The Labute approximate surface area is 144 Å². The summed E-state index contributed by atoms with van der Waals surface area (Å²) in [7, 11) is 0. The molecule has 0 spiro atoms. The Kier molecular flexibility index (Phi) is 4.64. The number of aliphatic hydroxyl groups is 1. The van der Waals surface area contributed by atoms with Crippen LogP contribution in [-0.4, -0.2) is 44.9 Å². The standard InChI is InChI=1S/C17H20N2O4S/c1-10-3-5-18(6-4-10)7-8-24-13-9-12-14(11(2)20)16(21)19(12)15(13)17(22)23/h3-6,11-12,14,20H,7-9H2,1-2H3/p+1/t11-,12?,14?/m1/s1. The lowest BCUT2D eigenvalue weighted by Crippen LogP contribution is -2.61. The maximum Gasteiger partial charge on any atom is 0.353 e. The minimum absolute atomic E-state index is 0.0980. The number of thioether (sulfide) groups is 1. The molecular weight excluding hydrogens is 328 g/mol. The van der Waals surface area contributed by atoms with Crippen molar-refractivity contribution in [1.82, 2.24) is 4.90 Å². The number of hydrogen-bond acceptors (Lipinski definition) is 4. The average molecular weight is 349 g/mol. The van der Waals surface area contributed by atoms with Gasteiger partial charge < -0.3 is 15.1 Å². The van der Waals surface area contributed by atoms with Crippen LogP contribution >= 0.6 is 11.8 Å². The average Bonchev–Trinajstić information content (AvgIpc) is 2.83. The second kappa shape index (κ2) is 6.57. The maximum atomic E-state index is 12.1. The van der Waals surface area contributed by atoms with Crippen molar-refractivity contribution in [2.45, 2.75) is 39.0 Å². The molecular formula is C17H21N2O4S+. The smallest absolute Gasteiger partial charge is 0.353 e. The molecule has 7 heteroatoms. The van der Waals surface area contributed by atoms with Gasteiger partial charge in [-0.25, -0.2) is 9.36 Å². The van der Waals surface area contributed by atoms with Crippen LogP contribution in [0.4, 0.5) is 0 Å². The molecule has 2 aliphatic heterocycles. The van der Waals surface area contributed by atoms with Crippen molar-refractivity contribution < 1.29 is 24.4 Å². The van der Waals surface area contributed by atoms with Crippen molar-refractivity contribution >= 4 is 23.6 Å². The summed E-state index contributed by atoms with van der Waals surface area (Å²) < 4.78 is 2.05. The highest BCUT2D eigenvalue weighted by Gasteiger charge is 2.56. The molecule has 1 aromatic heterocycles. The number of aliphatic carboxylic acids is 1. The molecule has 1 amide bonds. The van der Waals surface area contributed by atoms with Crippen molar-refractivity contribution in [1.29, 1.82) is 0 Å². The van der Waals surface area contributed by atoms with Crippen LogP contribution in [0.5, 0.6) is 0 Å². The van der Waals surface area contributed by atoms with Crippen LogP contribution in [-0.2, 0) is 16.1 Å². The number of β-lactam (4-membered cyclic amide) rings is 1. The molecule has 2 unspecified atom stereocenters. The van der Waals surface area contributed by atoms with E-state index >= 15 is 0 Å². The quantitative estimate of drug-likeness (QED) is 0.590. The van der Waals surface area contributed by atoms with Gasteiger partial charge in [0.2, 0.25) is 5.91 Å². The number of pyridine rings is 1. The summed E-state index contributed by atoms with van der Waals surface area (Å²) in [5.41, 5.74) is 1.29. The summed E-state index contributed by atoms with van der Waals surface area (Å²) in [6, 6.07) is 3.85. The monoisotopic (exact) mass is 349 g/mol. The second-order valence-corrected chi connectivity index (χ2v) is 7.47. The maximum absolute atomic E-state index is 12.1. The lowest BCUT2D eigenvalue weighted by Gasteiger charge is -2.44. The van der Waals surface area contributed by atoms with E-state index < -0.39 is 18.0 Å². The number of aryl methyl sites for hydroxylation is 2. The van der Waals surface area contributed by atoms with Gasteiger partial charge >= 0.3 is 5.97 Å². The van der Waals surface area contributed by atoms with Gasteiger partial charge in [0.25, 0.3) is 0 Å². The van der Waals surface area contributed by atoms with E-state index in [1.807, 2.05) is 31.5 Å². The molecule has 0 saturated carbocycles. The SMILES string of the molecule is Cc1cc[n+](CCSC2=C(C(=O)O)N3C(=O)C([C@@H](C)O)C3C2)cc1. The zero-order valence-corrected chi connectivity index (χ0v) is 14.5. The van der Waals surface area contributed by atoms with Gasteiger partial charge in [0.05, 0.1) is 23.8 Å². The topological polar surface area (TPSA) is 81.7 Å². The van der Waals surface area contributed by atoms with Gasteiger partial charge in [0.1, 0.15) is 5.70 Å². The number of carboxylic acid groups (broad SMARTS) is 1. The van der Waals surface area contributed by atoms with E-state index in [1.165, 1.54) is 22.2 Å². The van der Waals surface area contributed by atoms with E-state index in [1.54, 1.807) is 6.92 Å². The van der Waals surface area contributed by atoms with E-state index in [9.17, 15) is 19.8 Å². The fourth-order valence-corrected chi connectivity index (χ4v) is 4.47. The molecule has 3 rings (SSSR count). The molecule has 1 fully saturated rings. The first-order valence-corrected chi connectivity index (χ1v) is 8.95. The second-order valence-electron chi connectivity index (χ2n) is 6.28. The van der Waals surface area contributed by atoms with E-state index in [0.717, 1.165) is 17.2 Å². The molecule has 6 nitrogen and oxygen atoms in total. The number of nitrogens with zero attached hydrogens (tertiary/aromatic N) is 2. The fourth-order valence-electron chi connectivity index (χ4n) is 3.31. The van der Waals surface area contributed by atoms with Crippen LogP contribution in [0, 0.1) is 12.8 Å². The van der Waals surface area contributed by atoms with Gasteiger partial charge in [0.15, 0.2) is 18.9 Å². The number of aliphatic hydroxyl groups excluding tert-OH is 1. The number of carboxylic acids is 1. The molecule has 0 bridgehead atoms. The first-order valence-electron chi connectivity index (χ1n) is 7.96. The molecule has 0 aliphatic carbocycles. The summed E-state index contributed by atoms with van der Waals surface area (Å²) in [4.78, 5) is 25.8. The van der Waals surface area contributed by atoms with Crippen molar-refractivity contribution in [2.24, 2.45) is 5.92 Å². The van der Waals surface area contributed by atoms with Gasteiger partial charge in [0, 0.05) is 23.5 Å². The highest BCUT2D eigenvalue weighted by molar-refractivity contribution is 8.03. The normalized spacial score (nSPS) is 24.0. The molecule has 128 valence electrons. The van der Waals surface area contributed by atoms with Crippen LogP contribution in [0.25, 0.3) is 0 Å². The Morgan fingerprint density at radius 3 is 2.71 bits per heavy atom. The minimum Gasteiger partial charge on any atom is -0.477 e.